The van der Waals surface area contributed by atoms with Gasteiger partial charge in [0.2, 0.25) is 5.91 Å². The number of amides is 1. The van der Waals surface area contributed by atoms with Crippen molar-refractivity contribution < 1.29 is 4.79 Å². The van der Waals surface area contributed by atoms with Gasteiger partial charge >= 0.3 is 0 Å². The molecule has 1 saturated carbocycles. The second-order valence-corrected chi connectivity index (χ2v) is 6.67. The van der Waals surface area contributed by atoms with E-state index in [1.807, 2.05) is 36.9 Å². The molecule has 0 aliphatic heterocycles. The summed E-state index contributed by atoms with van der Waals surface area (Å²) in [6.45, 7) is 1.94. The van der Waals surface area contributed by atoms with E-state index in [-0.39, 0.29) is 17.7 Å². The van der Waals surface area contributed by atoms with E-state index < -0.39 is 0 Å². The SMILES string of the molecule is Cc1ncc(-c2cc(N)c3cnc(NC(=O)[C@H]4CC4C#N)cc3c2)n1C. The van der Waals surface area contributed by atoms with Crippen molar-refractivity contribution in [2.45, 2.75) is 13.3 Å². The van der Waals surface area contributed by atoms with Gasteiger partial charge in [-0.1, -0.05) is 0 Å². The molecule has 1 unspecified atom stereocenters. The maximum atomic E-state index is 12.1. The van der Waals surface area contributed by atoms with Gasteiger partial charge in [-0.2, -0.15) is 5.26 Å². The predicted molar refractivity (Wildman–Crippen MR) is 98.9 cm³/mol. The Bertz CT molecular complexity index is 1080. The lowest BCUT2D eigenvalue weighted by atomic mass is 10.0. The van der Waals surface area contributed by atoms with Gasteiger partial charge in [-0.3, -0.25) is 4.79 Å². The smallest absolute Gasteiger partial charge is 0.230 e. The zero-order valence-electron chi connectivity index (χ0n) is 14.5. The molecule has 0 bridgehead atoms. The summed E-state index contributed by atoms with van der Waals surface area (Å²) in [6.07, 6.45) is 4.09. The number of nitrogens with zero attached hydrogens (tertiary/aromatic N) is 4. The van der Waals surface area contributed by atoms with Gasteiger partial charge in [0.05, 0.1) is 29.8 Å². The van der Waals surface area contributed by atoms with E-state index in [0.717, 1.165) is 27.9 Å². The number of benzene rings is 1. The van der Waals surface area contributed by atoms with Gasteiger partial charge in [-0.05, 0) is 36.9 Å². The van der Waals surface area contributed by atoms with Crippen LogP contribution in [0.4, 0.5) is 11.5 Å². The zero-order chi connectivity index (χ0) is 18.4. The fraction of sp³-hybridized carbons (Fsp3) is 0.263. The average molecular weight is 346 g/mol. The van der Waals surface area contributed by atoms with E-state index in [9.17, 15) is 4.79 Å². The van der Waals surface area contributed by atoms with E-state index in [0.29, 0.717) is 17.9 Å². The highest BCUT2D eigenvalue weighted by Gasteiger charge is 2.43. The molecule has 2 heterocycles. The van der Waals surface area contributed by atoms with Crippen LogP contribution in [-0.2, 0) is 11.8 Å². The van der Waals surface area contributed by atoms with Crippen molar-refractivity contribution in [3.63, 3.8) is 0 Å². The number of aromatic nitrogens is 3. The Hall–Kier alpha value is -3.40. The first-order chi connectivity index (χ1) is 12.5. The lowest BCUT2D eigenvalue weighted by Gasteiger charge is -2.10. The van der Waals surface area contributed by atoms with Crippen molar-refractivity contribution in [2.24, 2.45) is 18.9 Å². The Morgan fingerprint density at radius 2 is 2.15 bits per heavy atom. The van der Waals surface area contributed by atoms with Crippen molar-refractivity contribution in [3.8, 4) is 17.3 Å². The number of nitrogens with one attached hydrogen (secondary N) is 1. The van der Waals surface area contributed by atoms with Crippen LogP contribution in [0.15, 0.2) is 30.6 Å². The normalized spacial score (nSPS) is 18.5. The molecule has 1 aliphatic carbocycles. The lowest BCUT2D eigenvalue weighted by Crippen LogP contribution is -2.15. The van der Waals surface area contributed by atoms with Crippen LogP contribution in [-0.4, -0.2) is 20.4 Å². The molecule has 3 N–H and O–H groups in total. The van der Waals surface area contributed by atoms with Gasteiger partial charge in [-0.15, -0.1) is 0 Å². The number of nitrogens with two attached hydrogens (primary N) is 1. The molecule has 2 atom stereocenters. The highest BCUT2D eigenvalue weighted by atomic mass is 16.2. The molecule has 130 valence electrons. The molecule has 1 fully saturated rings. The van der Waals surface area contributed by atoms with Crippen LogP contribution < -0.4 is 11.1 Å². The molecule has 1 aliphatic rings. The second kappa shape index (κ2) is 5.85. The minimum atomic E-state index is -0.230. The van der Waals surface area contributed by atoms with E-state index in [1.165, 1.54) is 0 Å². The van der Waals surface area contributed by atoms with Crippen LogP contribution in [0.5, 0.6) is 0 Å². The second-order valence-electron chi connectivity index (χ2n) is 6.67. The van der Waals surface area contributed by atoms with Crippen LogP contribution in [0.3, 0.4) is 0 Å². The minimum absolute atomic E-state index is 0.158. The number of carbonyl (C=O) groups excluding carboxylic acids is 1. The van der Waals surface area contributed by atoms with Gasteiger partial charge in [0.1, 0.15) is 11.6 Å². The molecule has 3 aromatic rings. The molecule has 1 amide bonds. The summed E-state index contributed by atoms with van der Waals surface area (Å²) >= 11 is 0. The van der Waals surface area contributed by atoms with Crippen molar-refractivity contribution in [1.29, 1.82) is 5.26 Å². The number of hydrogen-bond acceptors (Lipinski definition) is 5. The first-order valence-corrected chi connectivity index (χ1v) is 8.36. The lowest BCUT2D eigenvalue weighted by molar-refractivity contribution is -0.117. The monoisotopic (exact) mass is 346 g/mol. The number of carbonyl (C=O) groups is 1. The summed E-state index contributed by atoms with van der Waals surface area (Å²) in [7, 11) is 1.96. The van der Waals surface area contributed by atoms with E-state index in [1.54, 1.807) is 12.3 Å². The van der Waals surface area contributed by atoms with Gasteiger partial charge in [0.25, 0.3) is 0 Å². The first kappa shape index (κ1) is 16.1. The third kappa shape index (κ3) is 2.65. The fourth-order valence-corrected chi connectivity index (χ4v) is 3.12. The number of pyridine rings is 1. The molecule has 26 heavy (non-hydrogen) atoms. The summed E-state index contributed by atoms with van der Waals surface area (Å²) in [5.74, 6) is 0.813. The Balaban J connectivity index is 1.69. The number of nitriles is 1. The maximum absolute atomic E-state index is 12.1. The predicted octanol–water partition coefficient (Wildman–Crippen LogP) is 2.62. The van der Waals surface area contributed by atoms with Gasteiger partial charge in [0, 0.05) is 29.9 Å². The molecular formula is C19H18N6O. The van der Waals surface area contributed by atoms with Gasteiger partial charge in [0.15, 0.2) is 0 Å². The maximum Gasteiger partial charge on any atom is 0.230 e. The molecule has 0 spiro atoms. The van der Waals surface area contributed by atoms with Crippen molar-refractivity contribution in [3.05, 3.63) is 36.4 Å². The number of anilines is 2. The van der Waals surface area contributed by atoms with Crippen molar-refractivity contribution >= 4 is 28.2 Å². The highest BCUT2D eigenvalue weighted by molar-refractivity contribution is 6.00. The third-order valence-electron chi connectivity index (χ3n) is 4.93. The number of rotatable bonds is 3. The van der Waals surface area contributed by atoms with Crippen LogP contribution >= 0.6 is 0 Å². The summed E-state index contributed by atoms with van der Waals surface area (Å²) in [6, 6.07) is 7.84. The van der Waals surface area contributed by atoms with Crippen LogP contribution in [0, 0.1) is 30.1 Å². The Labute approximate surface area is 150 Å². The summed E-state index contributed by atoms with van der Waals surface area (Å²) in [4.78, 5) is 20.8. The van der Waals surface area contributed by atoms with E-state index >= 15 is 0 Å². The van der Waals surface area contributed by atoms with Crippen molar-refractivity contribution in [2.75, 3.05) is 11.1 Å². The Morgan fingerprint density at radius 1 is 1.35 bits per heavy atom. The average Bonchev–Trinajstić information content (AvgIpc) is 3.34. The van der Waals surface area contributed by atoms with Crippen LogP contribution in [0.25, 0.3) is 22.0 Å². The molecular weight excluding hydrogens is 328 g/mol. The molecule has 0 radical (unpaired) electrons. The summed E-state index contributed by atoms with van der Waals surface area (Å²) in [5.41, 5.74) is 8.74. The van der Waals surface area contributed by atoms with E-state index in [4.69, 9.17) is 11.0 Å². The number of hydrogen-bond donors (Lipinski definition) is 2. The number of aryl methyl sites for hydroxylation is 1. The molecule has 4 rings (SSSR count). The van der Waals surface area contributed by atoms with Crippen molar-refractivity contribution in [1.82, 2.24) is 14.5 Å². The minimum Gasteiger partial charge on any atom is -0.398 e. The highest BCUT2D eigenvalue weighted by Crippen LogP contribution is 2.38. The third-order valence-corrected chi connectivity index (χ3v) is 4.93. The van der Waals surface area contributed by atoms with Crippen LogP contribution in [0.1, 0.15) is 12.2 Å². The molecule has 7 nitrogen and oxygen atoms in total. The van der Waals surface area contributed by atoms with Gasteiger partial charge < -0.3 is 15.6 Å². The molecule has 1 aromatic carbocycles. The zero-order valence-corrected chi connectivity index (χ0v) is 14.5. The molecule has 0 saturated heterocycles. The Kier molecular flexibility index (Phi) is 3.62. The van der Waals surface area contributed by atoms with E-state index in [2.05, 4.69) is 21.4 Å². The largest absolute Gasteiger partial charge is 0.398 e. The number of fused-ring (bicyclic) bond motifs is 1. The number of nitrogen functional groups attached to an aromatic ring is 1. The van der Waals surface area contributed by atoms with Gasteiger partial charge in [-0.25, -0.2) is 9.97 Å². The fourth-order valence-electron chi connectivity index (χ4n) is 3.12. The topological polar surface area (TPSA) is 110 Å². The summed E-state index contributed by atoms with van der Waals surface area (Å²) < 4.78 is 2.00. The number of imidazole rings is 1. The standard InChI is InChI=1S/C19H18N6O/c1-10-22-9-17(25(10)2)12-3-11-6-18(23-8-15(11)16(21)5-12)24-19(26)14-4-13(14)7-20/h3,5-6,8-9,13-14H,4,21H2,1-2H3,(H,23,24,26)/t13?,14-/m0/s1. The molecule has 7 heteroatoms. The Morgan fingerprint density at radius 3 is 2.81 bits per heavy atom. The van der Waals surface area contributed by atoms with Crippen LogP contribution in [0.2, 0.25) is 0 Å². The molecule has 2 aromatic heterocycles. The first-order valence-electron chi connectivity index (χ1n) is 8.36. The quantitative estimate of drug-likeness (QED) is 0.708. The summed E-state index contributed by atoms with van der Waals surface area (Å²) in [5, 5.41) is 13.4.